The van der Waals surface area contributed by atoms with E-state index in [1.165, 1.54) is 32.1 Å². The Hall–Kier alpha value is -1.84. The first-order valence-electron chi connectivity index (χ1n) is 10.3. The second kappa shape index (κ2) is 12.5. The van der Waals surface area contributed by atoms with Gasteiger partial charge in [0.25, 0.3) is 0 Å². The van der Waals surface area contributed by atoms with Crippen molar-refractivity contribution in [3.63, 3.8) is 0 Å². The molecule has 0 aromatic heterocycles. The number of phenolic OH excluding ortho intramolecular Hbond substituents is 1. The Morgan fingerprint density at radius 1 is 0.815 bits per heavy atom. The summed E-state index contributed by atoms with van der Waals surface area (Å²) in [5.41, 5.74) is 2.03. The molecule has 2 aromatic rings. The molecule has 0 saturated carbocycles. The van der Waals surface area contributed by atoms with Crippen molar-refractivity contribution in [3.8, 4) is 5.75 Å². The van der Waals surface area contributed by atoms with E-state index in [2.05, 4.69) is 19.1 Å². The smallest absolute Gasteiger partial charge is 0.118 e. The Balaban J connectivity index is 1.83. The normalized spacial score (nSPS) is 13.4. The Kier molecular flexibility index (Phi) is 9.96. The minimum Gasteiger partial charge on any atom is -0.508 e. The number of hydrogen-bond acceptors (Lipinski definition) is 3. The van der Waals surface area contributed by atoms with Crippen LogP contribution in [0, 0.1) is 0 Å². The molecule has 0 heterocycles. The second-order valence-corrected chi connectivity index (χ2v) is 7.29. The van der Waals surface area contributed by atoms with E-state index in [1.54, 1.807) is 6.07 Å². The van der Waals surface area contributed by atoms with Crippen molar-refractivity contribution < 1.29 is 14.9 Å². The van der Waals surface area contributed by atoms with Gasteiger partial charge in [-0.25, -0.2) is 9.78 Å². The molecule has 0 radical (unpaired) electrons. The molecule has 2 atom stereocenters. The Morgan fingerprint density at radius 2 is 1.48 bits per heavy atom. The summed E-state index contributed by atoms with van der Waals surface area (Å²) in [5, 5.41) is 9.92. The van der Waals surface area contributed by atoms with Crippen molar-refractivity contribution in [2.75, 3.05) is 0 Å². The van der Waals surface area contributed by atoms with Crippen LogP contribution in [-0.2, 0) is 16.2 Å². The summed E-state index contributed by atoms with van der Waals surface area (Å²) in [4.78, 5) is 11.6. The molecule has 0 amide bonds. The van der Waals surface area contributed by atoms with Gasteiger partial charge in [-0.15, -0.1) is 0 Å². The number of aromatic hydroxyl groups is 1. The van der Waals surface area contributed by atoms with Crippen LogP contribution in [0.15, 0.2) is 54.6 Å². The summed E-state index contributed by atoms with van der Waals surface area (Å²) in [6.07, 6.45) is 8.98. The third-order valence-corrected chi connectivity index (χ3v) is 4.83. The summed E-state index contributed by atoms with van der Waals surface area (Å²) >= 11 is 0. The van der Waals surface area contributed by atoms with Gasteiger partial charge in [0.1, 0.15) is 11.9 Å². The van der Waals surface area contributed by atoms with Crippen molar-refractivity contribution in [1.82, 2.24) is 0 Å². The average molecular weight is 371 g/mol. The summed E-state index contributed by atoms with van der Waals surface area (Å²) in [6, 6.07) is 17.7. The van der Waals surface area contributed by atoms with Crippen LogP contribution >= 0.6 is 0 Å². The van der Waals surface area contributed by atoms with Crippen molar-refractivity contribution in [1.29, 1.82) is 0 Å². The van der Waals surface area contributed by atoms with Crippen molar-refractivity contribution in [2.45, 2.75) is 77.4 Å². The van der Waals surface area contributed by atoms with Crippen LogP contribution < -0.4 is 0 Å². The fourth-order valence-corrected chi connectivity index (χ4v) is 3.24. The monoisotopic (exact) mass is 370 g/mol. The lowest BCUT2D eigenvalue weighted by atomic mass is 10.0. The first-order valence-corrected chi connectivity index (χ1v) is 10.3. The molecule has 1 N–H and O–H groups in total. The van der Waals surface area contributed by atoms with Gasteiger partial charge in [0.05, 0.1) is 6.10 Å². The fraction of sp³-hybridized carbons (Fsp3) is 0.500. The summed E-state index contributed by atoms with van der Waals surface area (Å²) in [6.45, 7) is 4.21. The quantitative estimate of drug-likeness (QED) is 0.240. The molecule has 148 valence electrons. The molecular formula is C24H34O3. The predicted octanol–water partition coefficient (Wildman–Crippen LogP) is 6.76. The topological polar surface area (TPSA) is 38.7 Å². The Labute approximate surface area is 164 Å². The van der Waals surface area contributed by atoms with Gasteiger partial charge in [0.15, 0.2) is 0 Å². The van der Waals surface area contributed by atoms with Gasteiger partial charge in [0.2, 0.25) is 0 Å². The molecule has 2 aromatic carbocycles. The van der Waals surface area contributed by atoms with Crippen molar-refractivity contribution in [2.24, 2.45) is 0 Å². The van der Waals surface area contributed by atoms with Gasteiger partial charge < -0.3 is 5.11 Å². The fourth-order valence-electron chi connectivity index (χ4n) is 3.24. The zero-order chi connectivity index (χ0) is 19.3. The van der Waals surface area contributed by atoms with Crippen LogP contribution in [0.5, 0.6) is 5.75 Å². The number of para-hydroxylation sites is 1. The SMILES string of the molecule is CCCCCCCCC(OOC(C)Cc1ccccc1O)c1ccccc1. The van der Waals surface area contributed by atoms with Crippen molar-refractivity contribution in [3.05, 3.63) is 65.7 Å². The Bertz CT molecular complexity index is 627. The number of benzene rings is 2. The summed E-state index contributed by atoms with van der Waals surface area (Å²) in [5.74, 6) is 0.305. The lowest BCUT2D eigenvalue weighted by Gasteiger charge is -2.20. The zero-order valence-corrected chi connectivity index (χ0v) is 16.8. The molecule has 27 heavy (non-hydrogen) atoms. The van der Waals surface area contributed by atoms with Gasteiger partial charge in [-0.2, -0.15) is 0 Å². The van der Waals surface area contributed by atoms with E-state index >= 15 is 0 Å². The molecule has 0 bridgehead atoms. The lowest BCUT2D eigenvalue weighted by molar-refractivity contribution is -0.351. The zero-order valence-electron chi connectivity index (χ0n) is 16.8. The lowest BCUT2D eigenvalue weighted by Crippen LogP contribution is -2.15. The maximum atomic E-state index is 9.92. The molecule has 0 fully saturated rings. The van der Waals surface area contributed by atoms with E-state index in [0.717, 1.165) is 24.0 Å². The Morgan fingerprint density at radius 3 is 2.22 bits per heavy atom. The molecule has 2 unspecified atom stereocenters. The molecule has 0 aliphatic heterocycles. The van der Waals surface area contributed by atoms with Crippen molar-refractivity contribution >= 4 is 0 Å². The van der Waals surface area contributed by atoms with E-state index in [9.17, 15) is 5.11 Å². The van der Waals surface area contributed by atoms with Gasteiger partial charge >= 0.3 is 0 Å². The minimum atomic E-state index is -0.130. The average Bonchev–Trinajstić information content (AvgIpc) is 2.69. The highest BCUT2D eigenvalue weighted by Gasteiger charge is 2.16. The van der Waals surface area contributed by atoms with Crippen LogP contribution in [-0.4, -0.2) is 11.2 Å². The number of rotatable bonds is 13. The van der Waals surface area contributed by atoms with E-state index in [0.29, 0.717) is 12.2 Å². The van der Waals surface area contributed by atoms with Gasteiger partial charge in [-0.1, -0.05) is 94.0 Å². The van der Waals surface area contributed by atoms with Crippen LogP contribution in [0.1, 0.15) is 76.0 Å². The summed E-state index contributed by atoms with van der Waals surface area (Å²) in [7, 11) is 0. The first-order chi connectivity index (χ1) is 13.2. The highest BCUT2D eigenvalue weighted by atomic mass is 17.2. The number of unbranched alkanes of at least 4 members (excludes halogenated alkanes) is 5. The standard InChI is InChI=1S/C24H34O3/c1-3-4-5-6-7-11-18-24(21-14-9-8-10-15-21)27-26-20(2)19-22-16-12-13-17-23(22)25/h8-10,12-17,20,24-25H,3-7,11,18-19H2,1-2H3. The molecule has 3 heteroatoms. The molecule has 0 aliphatic carbocycles. The molecule has 0 saturated heterocycles. The number of phenols is 1. The molecule has 3 nitrogen and oxygen atoms in total. The van der Waals surface area contributed by atoms with Gasteiger partial charge in [-0.05, 0) is 30.5 Å². The van der Waals surface area contributed by atoms with Crippen LogP contribution in [0.25, 0.3) is 0 Å². The van der Waals surface area contributed by atoms with E-state index in [1.807, 2.05) is 43.3 Å². The largest absolute Gasteiger partial charge is 0.508 e. The predicted molar refractivity (Wildman–Crippen MR) is 111 cm³/mol. The highest BCUT2D eigenvalue weighted by Crippen LogP contribution is 2.26. The maximum absolute atomic E-state index is 9.92. The summed E-state index contributed by atoms with van der Waals surface area (Å²) < 4.78 is 0. The first kappa shape index (κ1) is 21.5. The molecule has 0 spiro atoms. The molecule has 0 aliphatic rings. The van der Waals surface area contributed by atoms with Crippen LogP contribution in [0.2, 0.25) is 0 Å². The van der Waals surface area contributed by atoms with E-state index in [-0.39, 0.29) is 12.2 Å². The third kappa shape index (κ3) is 8.15. The third-order valence-electron chi connectivity index (χ3n) is 4.83. The number of hydrogen-bond donors (Lipinski definition) is 1. The van der Waals surface area contributed by atoms with Gasteiger partial charge in [-0.3, -0.25) is 0 Å². The molecule has 2 rings (SSSR count). The highest BCUT2D eigenvalue weighted by molar-refractivity contribution is 5.32. The maximum Gasteiger partial charge on any atom is 0.118 e. The minimum absolute atomic E-state index is 0.0517. The van der Waals surface area contributed by atoms with Crippen LogP contribution in [0.3, 0.4) is 0 Å². The molecular weight excluding hydrogens is 336 g/mol. The van der Waals surface area contributed by atoms with Crippen LogP contribution in [0.4, 0.5) is 0 Å². The second-order valence-electron chi connectivity index (χ2n) is 7.29. The van der Waals surface area contributed by atoms with Gasteiger partial charge in [0, 0.05) is 6.42 Å². The van der Waals surface area contributed by atoms with E-state index < -0.39 is 0 Å². The van der Waals surface area contributed by atoms with E-state index in [4.69, 9.17) is 9.78 Å².